The minimum Gasteiger partial charge on any atom is -0.153 e. The second-order valence-corrected chi connectivity index (χ2v) is 74.6. The first kappa shape index (κ1) is 69.7. The summed E-state index contributed by atoms with van der Waals surface area (Å²) in [4.78, 5) is 0. The Morgan fingerprint density at radius 2 is 0.613 bits per heavy atom. The molecule has 0 heterocycles. The Balaban J connectivity index is -0.0000000215. The molecule has 0 fully saturated rings. The Bertz CT molecular complexity index is 180. The fraction of sp³-hybridized carbons (Fsp3) is 1.00. The van der Waals surface area contributed by atoms with Gasteiger partial charge in [-0.3, -0.25) is 0 Å². The maximum Gasteiger partial charge on any atom is -0.0287 e. The molecule has 206 valence electrons. The normalized spacial score (nSPS) is 9.77. The van der Waals surface area contributed by atoms with Crippen LogP contribution < -0.4 is 0 Å². The first-order valence-electron chi connectivity index (χ1n) is 5.43. The van der Waals surface area contributed by atoms with E-state index in [0.29, 0.717) is 0 Å². The summed E-state index contributed by atoms with van der Waals surface area (Å²) in [6, 6.07) is 0. The number of hydrogen-bond acceptors (Lipinski definition) is 0. The molecule has 0 aromatic carbocycles. The second-order valence-electron chi connectivity index (χ2n) is 2.76. The zero-order valence-electron chi connectivity index (χ0n) is 15.3. The van der Waals surface area contributed by atoms with Gasteiger partial charge in [0.2, 0.25) is 0 Å². The molecule has 0 aliphatic heterocycles. The van der Waals surface area contributed by atoms with Crippen molar-refractivity contribution < 1.29 is 0 Å². The van der Waals surface area contributed by atoms with Crippen LogP contribution in [0.3, 0.4) is 0 Å². The molecule has 0 rings (SSSR count). The van der Waals surface area contributed by atoms with E-state index in [-0.39, 0.29) is 74.1 Å². The number of hydrogen-bond donors (Lipinski definition) is 0. The monoisotopic (exact) mass is 958 g/mol. The van der Waals surface area contributed by atoms with Gasteiger partial charge in [0.25, 0.3) is 0 Å². The van der Waals surface area contributed by atoms with E-state index >= 15 is 0 Å². The lowest BCUT2D eigenvalue weighted by Gasteiger charge is -2.11. The Morgan fingerprint density at radius 1 is 0.452 bits per heavy atom. The van der Waals surface area contributed by atoms with Crippen LogP contribution in [0.1, 0.15) is 22.3 Å². The van der Waals surface area contributed by atoms with Crippen LogP contribution in [0.25, 0.3) is 0 Å². The average molecular weight is 958 g/mol. The summed E-state index contributed by atoms with van der Waals surface area (Å²) in [6.45, 7) is 1.14. The molecule has 0 aromatic rings. The first-order valence-corrected chi connectivity index (χ1v) is 48.9. The van der Waals surface area contributed by atoms with Crippen molar-refractivity contribution in [3.8, 4) is 0 Å². The van der Waals surface area contributed by atoms with E-state index in [1.807, 2.05) is 0 Å². The highest BCUT2D eigenvalue weighted by atomic mass is 33.0. The van der Waals surface area contributed by atoms with Crippen LogP contribution in [0.15, 0.2) is 0 Å². The molecule has 31 heavy (non-hydrogen) atoms. The van der Waals surface area contributed by atoms with Gasteiger partial charge in [-0.05, 0) is 41.9 Å². The van der Waals surface area contributed by atoms with Gasteiger partial charge in [-0.15, -0.1) is 161 Å². The van der Waals surface area contributed by atoms with Crippen molar-refractivity contribution in [2.45, 2.75) is 22.3 Å². The van der Waals surface area contributed by atoms with E-state index in [2.05, 4.69) is 161 Å². The van der Waals surface area contributed by atoms with E-state index in [1.54, 1.807) is 0 Å². The molecule has 0 N–H and O–H groups in total. The number of rotatable bonds is 4. The average Bonchev–Trinajstić information content (AvgIpc) is 2.57. The zero-order valence-corrected chi connectivity index (χ0v) is 45.8. The van der Waals surface area contributed by atoms with Crippen LogP contribution in [0.5, 0.6) is 0 Å². The fourth-order valence-electron chi connectivity index (χ4n) is 0.0667. The summed E-state index contributed by atoms with van der Waals surface area (Å²) in [5, 5.41) is 0. The fourth-order valence-corrected chi connectivity index (χ4v) is 16.2. The van der Waals surface area contributed by atoms with Crippen LogP contribution in [0.2, 0.25) is 0 Å². The Labute approximate surface area is 256 Å². The van der Waals surface area contributed by atoms with Gasteiger partial charge in [0.05, 0.1) is 0 Å². The van der Waals surface area contributed by atoms with Gasteiger partial charge in [-0.25, -0.2) is 0 Å². The third kappa shape index (κ3) is 117. The van der Waals surface area contributed by atoms with Crippen LogP contribution in [0.4, 0.5) is 0 Å². The SMILES string of the molecule is C.C.C.P.PP.PP(P)P.PP(P)P(P)P.PPP.PPP(P)P.PPP(P)P(P)P. The lowest BCUT2D eigenvalue weighted by atomic mass is 12.0. The molecule has 0 bridgehead atoms. The smallest absolute Gasteiger partial charge is 0.0287 e. The maximum absolute atomic E-state index is 2.89. The van der Waals surface area contributed by atoms with Crippen molar-refractivity contribution in [2.75, 3.05) is 0 Å². The molecule has 0 aliphatic carbocycles. The predicted octanol–water partition coefficient (Wildman–Crippen LogP) is 14.8. The molecule has 0 amide bonds. The molecule has 0 spiro atoms. The van der Waals surface area contributed by atoms with Gasteiger partial charge >= 0.3 is 0 Å². The van der Waals surface area contributed by atoms with Gasteiger partial charge in [-0.2, -0.15) is 9.90 Å². The minimum absolute atomic E-state index is 0. The molecule has 0 radical (unpaired) electrons. The Kier molecular flexibility index (Phi) is 146. The first-order chi connectivity index (χ1) is 12.2. The summed E-state index contributed by atoms with van der Waals surface area (Å²) in [5.74, 6) is 0. The summed E-state index contributed by atoms with van der Waals surface area (Å²) in [5.41, 5.74) is 0. The molecule has 0 nitrogen and oxygen atoms in total. The molecule has 0 aromatic heterocycles. The van der Waals surface area contributed by atoms with Crippen molar-refractivity contribution in [1.29, 1.82) is 0 Å². The zero-order chi connectivity index (χ0) is 23.6. The predicted molar refractivity (Wildman–Crippen MR) is 273 cm³/mol. The van der Waals surface area contributed by atoms with Gasteiger partial charge in [0, 0.05) is 0 Å². The molecule has 0 aliphatic rings. The van der Waals surface area contributed by atoms with Gasteiger partial charge in [-0.1, -0.05) is 46.2 Å². The largest absolute Gasteiger partial charge is 0.153 e. The van der Waals surface area contributed by atoms with Crippen molar-refractivity contribution >= 4 is 236 Å². The third-order valence-corrected chi connectivity index (χ3v) is 64.5. The van der Waals surface area contributed by atoms with E-state index in [0.717, 1.165) is 23.9 Å². The van der Waals surface area contributed by atoms with Gasteiger partial charge in [0.15, 0.2) is 0 Å². The van der Waals surface area contributed by atoms with E-state index in [9.17, 15) is 0 Å². The highest BCUT2D eigenvalue weighted by Gasteiger charge is 2.00. The van der Waals surface area contributed by atoms with E-state index < -0.39 is 0 Å². The Morgan fingerprint density at radius 3 is 0.613 bits per heavy atom. The quantitative estimate of drug-likeness (QED) is 0.246. The molecule has 0 saturated carbocycles. The Hall–Kier alpha value is 12.0. The molecule has 22 atom stereocenters. The highest BCUT2D eigenvalue weighted by molar-refractivity contribution is 8.98. The van der Waals surface area contributed by atoms with Gasteiger partial charge in [0.1, 0.15) is 0 Å². The van der Waals surface area contributed by atoms with Crippen molar-refractivity contribution in [3.63, 3.8) is 0 Å². The summed E-state index contributed by atoms with van der Waals surface area (Å²) in [6.07, 6.45) is 0. The third-order valence-electron chi connectivity index (χ3n) is 0.797. The molecular weight excluding hydrogens is 903 g/mol. The second kappa shape index (κ2) is 64.9. The minimum atomic E-state index is 0. The van der Waals surface area contributed by atoms with Crippen LogP contribution in [-0.4, -0.2) is 0 Å². The van der Waals surface area contributed by atoms with Gasteiger partial charge < -0.3 is 0 Å². The summed E-state index contributed by atoms with van der Waals surface area (Å²) >= 11 is 0. The lowest BCUT2D eigenvalue weighted by Crippen LogP contribution is -1.19. The highest BCUT2D eigenvalue weighted by Crippen LogP contribution is 2.92. The summed E-state index contributed by atoms with van der Waals surface area (Å²) in [7, 11) is 51.5. The topological polar surface area (TPSA) is 0 Å². The summed E-state index contributed by atoms with van der Waals surface area (Å²) < 4.78 is 0. The lowest BCUT2D eigenvalue weighted by molar-refractivity contribution is 2.50. The maximum atomic E-state index is 2.89. The van der Waals surface area contributed by atoms with Crippen LogP contribution in [0, 0.1) is 0 Å². The van der Waals surface area contributed by atoms with Crippen molar-refractivity contribution in [1.82, 2.24) is 0 Å². The molecular formula is C3H54P28. The van der Waals surface area contributed by atoms with Crippen LogP contribution in [-0.2, 0) is 0 Å². The molecule has 0 saturated heterocycles. The standard InChI is InChI=1S/3CH4.H9P7.H8P6.H7P5.H6P4.H5P3.H4P2.H3P/c;;;1-5-7(4)6(2)3;1-5(2)6(3)4;1-4-5(2)3;1-4(2)3;1-3-2;1-2;/h3*1H4;5H,1-4H2;1-4H2;4H,1-3H2;1-3H2;3H,1-2H2;1-2H2;1H3. The van der Waals surface area contributed by atoms with E-state index in [4.69, 9.17) is 0 Å². The van der Waals surface area contributed by atoms with Crippen molar-refractivity contribution in [3.05, 3.63) is 0 Å². The molecule has 28 heteroatoms. The van der Waals surface area contributed by atoms with E-state index in [1.165, 1.54) is 0 Å². The van der Waals surface area contributed by atoms with Crippen molar-refractivity contribution in [2.24, 2.45) is 0 Å². The van der Waals surface area contributed by atoms with Crippen LogP contribution >= 0.6 is 236 Å². The molecule has 22 unspecified atom stereocenters.